The minimum Gasteiger partial charge on any atom is -0.389 e. The summed E-state index contributed by atoms with van der Waals surface area (Å²) in [6, 6.07) is 0. The molecule has 3 saturated heterocycles. The lowest BCUT2D eigenvalue weighted by Crippen LogP contribution is -2.65. The molecule has 4 unspecified atom stereocenters. The zero-order chi connectivity index (χ0) is 24.7. The topological polar surface area (TPSA) is 107 Å². The summed E-state index contributed by atoms with van der Waals surface area (Å²) in [5, 5.41) is 0. The Hall–Kier alpha value is -2.77. The average molecular weight is 472 g/mol. The molecule has 0 N–H and O–H groups in total. The highest BCUT2D eigenvalue weighted by molar-refractivity contribution is 6.18. The zero-order valence-corrected chi connectivity index (χ0v) is 20.2. The lowest BCUT2D eigenvalue weighted by atomic mass is 9.47. The third kappa shape index (κ3) is 3.21. The van der Waals surface area contributed by atoms with Gasteiger partial charge in [0.05, 0.1) is 17.1 Å². The summed E-state index contributed by atoms with van der Waals surface area (Å²) in [6.07, 6.45) is 8.50. The normalized spacial score (nSPS) is 33.9. The molecule has 3 fully saturated rings. The van der Waals surface area contributed by atoms with Crippen LogP contribution in [0.15, 0.2) is 23.3 Å². The molecule has 0 aromatic rings. The quantitative estimate of drug-likeness (QED) is 0.231. The van der Waals surface area contributed by atoms with Crippen molar-refractivity contribution in [3.8, 4) is 0 Å². The molecule has 0 radical (unpaired) electrons. The summed E-state index contributed by atoms with van der Waals surface area (Å²) >= 11 is 0. The van der Waals surface area contributed by atoms with Gasteiger partial charge in [0.15, 0.2) is 0 Å². The van der Waals surface area contributed by atoms with Crippen LogP contribution in [0.4, 0.5) is 0 Å². The van der Waals surface area contributed by atoms with Gasteiger partial charge in [0, 0.05) is 13.1 Å². The maximum atomic E-state index is 14.1. The maximum absolute atomic E-state index is 14.1. The fourth-order valence-electron chi connectivity index (χ4n) is 6.36. The van der Waals surface area contributed by atoms with E-state index in [4.69, 9.17) is 9.47 Å². The molecule has 3 aliphatic heterocycles. The Bertz CT molecular complexity index is 995. The monoisotopic (exact) mass is 471 g/mol. The molecule has 8 nitrogen and oxygen atoms in total. The largest absolute Gasteiger partial charge is 0.389 e. The first-order valence-corrected chi connectivity index (χ1v) is 12.5. The van der Waals surface area contributed by atoms with Crippen LogP contribution < -0.4 is 0 Å². The number of carbonyl (C=O) groups excluding carboxylic acids is 5. The van der Waals surface area contributed by atoms with E-state index >= 15 is 0 Å². The highest BCUT2D eigenvalue weighted by Crippen LogP contribution is 2.66. The summed E-state index contributed by atoms with van der Waals surface area (Å²) in [6.45, 7) is 6.74. The van der Waals surface area contributed by atoms with E-state index in [0.29, 0.717) is 25.8 Å². The van der Waals surface area contributed by atoms with E-state index in [1.807, 2.05) is 20.8 Å². The van der Waals surface area contributed by atoms with Gasteiger partial charge < -0.3 is 14.4 Å². The standard InChI is InChI=1S/C26H33NO7/c1-4-7-9-11-17-21(29)34-24(32)26(17)16(10-6-3)15-18-22(30)33-23(31)25(18)12-14-27(13-8-5-2)20(28)19(25)26/h11,15-16,19H,4-10,12-14H2,1-3H3/b17-11+. The number of piperidine rings is 1. The van der Waals surface area contributed by atoms with Crippen LogP contribution >= 0.6 is 0 Å². The summed E-state index contributed by atoms with van der Waals surface area (Å²) in [7, 11) is 0. The molecule has 0 aromatic carbocycles. The first-order chi connectivity index (χ1) is 16.3. The Morgan fingerprint density at radius 2 is 1.68 bits per heavy atom. The number of hydrogen-bond donors (Lipinski definition) is 0. The van der Waals surface area contributed by atoms with Crippen molar-refractivity contribution in [2.24, 2.45) is 22.7 Å². The minimum absolute atomic E-state index is 0.155. The van der Waals surface area contributed by atoms with E-state index in [0.717, 1.165) is 25.7 Å². The van der Waals surface area contributed by atoms with Gasteiger partial charge in [-0.1, -0.05) is 58.6 Å². The minimum atomic E-state index is -1.64. The van der Waals surface area contributed by atoms with Crippen LogP contribution in [-0.4, -0.2) is 47.8 Å². The van der Waals surface area contributed by atoms with E-state index < -0.39 is 46.5 Å². The Balaban J connectivity index is 1.99. The van der Waals surface area contributed by atoms with Gasteiger partial charge in [-0.2, -0.15) is 0 Å². The highest BCUT2D eigenvalue weighted by atomic mass is 16.6. The molecule has 8 heteroatoms. The second-order valence-corrected chi connectivity index (χ2v) is 9.79. The molecule has 1 amide bonds. The van der Waals surface area contributed by atoms with E-state index in [9.17, 15) is 24.0 Å². The summed E-state index contributed by atoms with van der Waals surface area (Å²) in [5.41, 5.74) is -2.90. The molecule has 4 aliphatic rings. The molecule has 1 aliphatic carbocycles. The third-order valence-electron chi connectivity index (χ3n) is 7.96. The number of ether oxygens (including phenoxy) is 2. The number of carbonyl (C=O) groups is 5. The fraction of sp³-hybridized carbons (Fsp3) is 0.654. The van der Waals surface area contributed by atoms with Crippen molar-refractivity contribution in [3.05, 3.63) is 23.3 Å². The number of nitrogens with zero attached hydrogens (tertiary/aromatic N) is 1. The van der Waals surface area contributed by atoms with Crippen molar-refractivity contribution in [1.29, 1.82) is 0 Å². The van der Waals surface area contributed by atoms with Crippen LogP contribution in [-0.2, 0) is 33.4 Å². The molecule has 0 saturated carbocycles. The van der Waals surface area contributed by atoms with Crippen molar-refractivity contribution in [2.75, 3.05) is 13.1 Å². The van der Waals surface area contributed by atoms with Crippen molar-refractivity contribution in [2.45, 2.75) is 72.1 Å². The predicted molar refractivity (Wildman–Crippen MR) is 121 cm³/mol. The molecule has 0 aromatic heterocycles. The summed E-state index contributed by atoms with van der Waals surface area (Å²) in [5.74, 6) is -5.37. The first kappa shape index (κ1) is 24.4. The number of hydrogen-bond acceptors (Lipinski definition) is 7. The van der Waals surface area contributed by atoms with E-state index in [-0.39, 0.29) is 30.0 Å². The number of esters is 4. The number of cyclic esters (lactones) is 4. The third-order valence-corrected chi connectivity index (χ3v) is 7.96. The highest BCUT2D eigenvalue weighted by Gasteiger charge is 2.77. The molecular weight excluding hydrogens is 438 g/mol. The summed E-state index contributed by atoms with van der Waals surface area (Å²) in [4.78, 5) is 68.6. The average Bonchev–Trinajstić information content (AvgIpc) is 3.18. The number of unbranched alkanes of at least 4 members (excludes halogenated alkanes) is 3. The lowest BCUT2D eigenvalue weighted by molar-refractivity contribution is -0.176. The molecule has 0 bridgehead atoms. The van der Waals surface area contributed by atoms with Gasteiger partial charge in [-0.3, -0.25) is 14.4 Å². The van der Waals surface area contributed by atoms with Gasteiger partial charge in [-0.25, -0.2) is 9.59 Å². The van der Waals surface area contributed by atoms with E-state index in [1.54, 1.807) is 17.1 Å². The number of amides is 1. The van der Waals surface area contributed by atoms with E-state index in [2.05, 4.69) is 0 Å². The number of fused-ring (bicyclic) bond motifs is 1. The van der Waals surface area contributed by atoms with Crippen LogP contribution in [0.5, 0.6) is 0 Å². The van der Waals surface area contributed by atoms with Crippen LogP contribution in [0.3, 0.4) is 0 Å². The molecule has 3 heterocycles. The van der Waals surface area contributed by atoms with Gasteiger partial charge >= 0.3 is 23.9 Å². The molecule has 4 atom stereocenters. The van der Waals surface area contributed by atoms with Gasteiger partial charge in [0.2, 0.25) is 5.91 Å². The van der Waals surface area contributed by atoms with Gasteiger partial charge in [-0.15, -0.1) is 0 Å². The molecule has 34 heavy (non-hydrogen) atoms. The maximum Gasteiger partial charge on any atom is 0.342 e. The first-order valence-electron chi connectivity index (χ1n) is 12.5. The Kier molecular flexibility index (Phi) is 6.53. The SMILES string of the molecule is CCCC/C=C1\C(=O)OC(=O)C12C(CCC)C=C1C(=O)OC(=O)C13CCN(CCCC)C(=O)C32. The van der Waals surface area contributed by atoms with Crippen LogP contribution in [0.2, 0.25) is 0 Å². The van der Waals surface area contributed by atoms with Crippen LogP contribution in [0.25, 0.3) is 0 Å². The molecule has 184 valence electrons. The lowest BCUT2D eigenvalue weighted by Gasteiger charge is -2.53. The Morgan fingerprint density at radius 1 is 0.971 bits per heavy atom. The molecular formula is C26H33NO7. The van der Waals surface area contributed by atoms with Crippen molar-refractivity contribution in [3.63, 3.8) is 0 Å². The Labute approximate surface area is 199 Å². The van der Waals surface area contributed by atoms with Crippen LogP contribution in [0.1, 0.15) is 72.1 Å². The van der Waals surface area contributed by atoms with Gasteiger partial charge in [0.25, 0.3) is 0 Å². The Morgan fingerprint density at radius 3 is 2.35 bits per heavy atom. The zero-order valence-electron chi connectivity index (χ0n) is 20.2. The van der Waals surface area contributed by atoms with Crippen molar-refractivity contribution >= 4 is 29.8 Å². The van der Waals surface area contributed by atoms with E-state index in [1.165, 1.54) is 0 Å². The molecule has 2 spiro atoms. The summed E-state index contributed by atoms with van der Waals surface area (Å²) < 4.78 is 10.3. The smallest absolute Gasteiger partial charge is 0.342 e. The van der Waals surface area contributed by atoms with Crippen molar-refractivity contribution < 1.29 is 33.4 Å². The van der Waals surface area contributed by atoms with Crippen LogP contribution in [0, 0.1) is 22.7 Å². The number of rotatable bonds is 8. The second-order valence-electron chi connectivity index (χ2n) is 9.79. The molecule has 4 rings (SSSR count). The second kappa shape index (κ2) is 9.12. The number of allylic oxidation sites excluding steroid dienone is 2. The van der Waals surface area contributed by atoms with Gasteiger partial charge in [0.1, 0.15) is 10.8 Å². The predicted octanol–water partition coefficient (Wildman–Crippen LogP) is 3.25. The van der Waals surface area contributed by atoms with Crippen molar-refractivity contribution in [1.82, 2.24) is 4.90 Å². The number of likely N-dealkylation sites (tertiary alicyclic amines) is 1. The fourth-order valence-corrected chi connectivity index (χ4v) is 6.36. The van der Waals surface area contributed by atoms with Gasteiger partial charge in [-0.05, 0) is 31.6 Å².